The average Bonchev–Trinajstić information content (AvgIpc) is 2.46. The molecule has 1 aliphatic carbocycles. The number of phenolic OH excluding ortho intramolecular Hbond substituents is 1. The molecule has 1 unspecified atom stereocenters. The van der Waals surface area contributed by atoms with Gasteiger partial charge in [0.05, 0.1) is 12.2 Å². The Morgan fingerprint density at radius 3 is 2.33 bits per heavy atom. The Hall–Kier alpha value is -1.05. The fourth-order valence-electron chi connectivity index (χ4n) is 2.61. The van der Waals surface area contributed by atoms with E-state index in [1.807, 2.05) is 20.8 Å². The normalized spacial score (nSPS) is 21.6. The molecule has 0 aliphatic heterocycles. The molecular formula is C17H28ClNO5. The van der Waals surface area contributed by atoms with E-state index in [0.29, 0.717) is 23.4 Å². The third-order valence-corrected chi connectivity index (χ3v) is 3.93. The zero-order valence-corrected chi connectivity index (χ0v) is 15.1. The third-order valence-electron chi connectivity index (χ3n) is 3.93. The predicted octanol–water partition coefficient (Wildman–Crippen LogP) is 0.762. The molecule has 0 spiro atoms. The second-order valence-electron chi connectivity index (χ2n) is 7.18. The second-order valence-corrected chi connectivity index (χ2v) is 7.18. The zero-order chi connectivity index (χ0) is 17.2. The smallest absolute Gasteiger partial charge is 0.123 e. The van der Waals surface area contributed by atoms with E-state index in [-0.39, 0.29) is 43.1 Å². The summed E-state index contributed by atoms with van der Waals surface area (Å²) in [6.45, 7) is 6.57. The van der Waals surface area contributed by atoms with E-state index in [2.05, 4.69) is 5.32 Å². The largest absolute Gasteiger partial charge is 0.508 e. The van der Waals surface area contributed by atoms with E-state index in [1.54, 1.807) is 6.07 Å². The number of fused-ring (bicyclic) bond motifs is 1. The highest BCUT2D eigenvalue weighted by Gasteiger charge is 2.29. The van der Waals surface area contributed by atoms with Crippen molar-refractivity contribution in [3.63, 3.8) is 0 Å². The van der Waals surface area contributed by atoms with Crippen molar-refractivity contribution in [2.24, 2.45) is 0 Å². The summed E-state index contributed by atoms with van der Waals surface area (Å²) < 4.78 is 5.68. The van der Waals surface area contributed by atoms with Crippen LogP contribution < -0.4 is 10.1 Å². The van der Waals surface area contributed by atoms with E-state index in [0.717, 1.165) is 0 Å². The average molecular weight is 362 g/mol. The lowest BCUT2D eigenvalue weighted by Crippen LogP contribution is -2.42. The lowest BCUT2D eigenvalue weighted by atomic mass is 9.86. The van der Waals surface area contributed by atoms with Gasteiger partial charge in [-0.05, 0) is 32.9 Å². The van der Waals surface area contributed by atoms with Crippen molar-refractivity contribution in [1.29, 1.82) is 0 Å². The van der Waals surface area contributed by atoms with Gasteiger partial charge >= 0.3 is 0 Å². The van der Waals surface area contributed by atoms with Crippen LogP contribution >= 0.6 is 12.4 Å². The van der Waals surface area contributed by atoms with Gasteiger partial charge in [0.15, 0.2) is 0 Å². The molecule has 7 heteroatoms. The molecule has 0 amide bonds. The molecule has 6 nitrogen and oxygen atoms in total. The Morgan fingerprint density at radius 1 is 1.17 bits per heavy atom. The number of aliphatic hydroxyl groups excluding tert-OH is 3. The van der Waals surface area contributed by atoms with E-state index < -0.39 is 18.3 Å². The first-order chi connectivity index (χ1) is 10.7. The van der Waals surface area contributed by atoms with Crippen molar-refractivity contribution in [2.45, 2.75) is 57.5 Å². The van der Waals surface area contributed by atoms with Crippen LogP contribution in [0.25, 0.3) is 0 Å². The van der Waals surface area contributed by atoms with Crippen LogP contribution in [-0.2, 0) is 12.8 Å². The highest BCUT2D eigenvalue weighted by atomic mass is 35.5. The van der Waals surface area contributed by atoms with Crippen molar-refractivity contribution in [1.82, 2.24) is 5.32 Å². The summed E-state index contributed by atoms with van der Waals surface area (Å²) in [6.07, 6.45) is -2.02. The van der Waals surface area contributed by atoms with Gasteiger partial charge in [-0.15, -0.1) is 12.4 Å². The SMILES string of the molecule is CC(C)(C)NCC(O)COc1ccc(O)c2c1C[C@@H](O)[C@@H](O)C2.Cl. The van der Waals surface area contributed by atoms with Gasteiger partial charge in [-0.3, -0.25) is 0 Å². The summed E-state index contributed by atoms with van der Waals surface area (Å²) in [4.78, 5) is 0. The van der Waals surface area contributed by atoms with Crippen LogP contribution in [-0.4, -0.2) is 57.4 Å². The van der Waals surface area contributed by atoms with Crippen molar-refractivity contribution < 1.29 is 25.2 Å². The molecule has 2 rings (SSSR count). The summed E-state index contributed by atoms with van der Waals surface area (Å²) in [5.41, 5.74) is 1.21. The molecule has 1 aromatic rings. The minimum Gasteiger partial charge on any atom is -0.508 e. The summed E-state index contributed by atoms with van der Waals surface area (Å²) in [5.74, 6) is 0.617. The Morgan fingerprint density at radius 2 is 1.75 bits per heavy atom. The van der Waals surface area contributed by atoms with E-state index >= 15 is 0 Å². The van der Waals surface area contributed by atoms with Gasteiger partial charge in [0, 0.05) is 36.1 Å². The minimum atomic E-state index is -0.884. The van der Waals surface area contributed by atoms with Crippen LogP contribution in [0, 0.1) is 0 Å². The van der Waals surface area contributed by atoms with Crippen LogP contribution in [0.2, 0.25) is 0 Å². The molecule has 0 bridgehead atoms. The van der Waals surface area contributed by atoms with Crippen LogP contribution in [0.15, 0.2) is 12.1 Å². The van der Waals surface area contributed by atoms with Crippen molar-refractivity contribution >= 4 is 12.4 Å². The second kappa shape index (κ2) is 8.36. The Balaban J connectivity index is 0.00000288. The monoisotopic (exact) mass is 361 g/mol. The van der Waals surface area contributed by atoms with Gasteiger partial charge in [0.1, 0.15) is 24.2 Å². The predicted molar refractivity (Wildman–Crippen MR) is 94.0 cm³/mol. The molecule has 0 fully saturated rings. The fraction of sp³-hybridized carbons (Fsp3) is 0.647. The Kier molecular flexibility index (Phi) is 7.31. The number of β-amino-alcohol motifs (C(OH)–C–C–N with tert-alkyl or cyclic N) is 1. The molecule has 5 N–H and O–H groups in total. The van der Waals surface area contributed by atoms with Gasteiger partial charge < -0.3 is 30.5 Å². The number of benzene rings is 1. The summed E-state index contributed by atoms with van der Waals surface area (Å²) in [7, 11) is 0. The van der Waals surface area contributed by atoms with E-state index in [9.17, 15) is 20.4 Å². The molecule has 0 aromatic heterocycles. The van der Waals surface area contributed by atoms with Crippen molar-refractivity contribution in [3.05, 3.63) is 23.3 Å². The molecule has 138 valence electrons. The number of aromatic hydroxyl groups is 1. The van der Waals surface area contributed by atoms with Crippen molar-refractivity contribution in [2.75, 3.05) is 13.2 Å². The van der Waals surface area contributed by atoms with Crippen LogP contribution in [0.3, 0.4) is 0 Å². The third kappa shape index (κ3) is 5.50. The van der Waals surface area contributed by atoms with Gasteiger partial charge in [-0.2, -0.15) is 0 Å². The maximum atomic E-state index is 10.0. The first-order valence-electron chi connectivity index (χ1n) is 7.93. The number of nitrogens with one attached hydrogen (secondary N) is 1. The molecule has 24 heavy (non-hydrogen) atoms. The van der Waals surface area contributed by atoms with Crippen molar-refractivity contribution in [3.8, 4) is 11.5 Å². The van der Waals surface area contributed by atoms with Gasteiger partial charge in [0.2, 0.25) is 0 Å². The number of ether oxygens (including phenoxy) is 1. The first kappa shape index (κ1) is 21.0. The maximum Gasteiger partial charge on any atom is 0.123 e. The van der Waals surface area contributed by atoms with Crippen LogP contribution in [0.1, 0.15) is 31.9 Å². The number of hydrogen-bond acceptors (Lipinski definition) is 6. The molecule has 3 atom stereocenters. The lowest BCUT2D eigenvalue weighted by Gasteiger charge is -2.28. The first-order valence-corrected chi connectivity index (χ1v) is 7.93. The number of phenols is 1. The van der Waals surface area contributed by atoms with Gasteiger partial charge in [-0.1, -0.05) is 0 Å². The number of rotatable bonds is 5. The quantitative estimate of drug-likeness (QED) is 0.531. The molecular weight excluding hydrogens is 334 g/mol. The number of aliphatic hydroxyl groups is 3. The standard InChI is InChI=1S/C17H27NO5.ClH/c1-17(2,3)18-8-10(19)9-23-16-5-4-13(20)11-6-14(21)15(22)7-12(11)16;/h4-5,10,14-15,18-22H,6-9H2,1-3H3;1H/t10?,14-,15+;/m0./s1. The molecule has 0 saturated carbocycles. The minimum absolute atomic E-state index is 0. The van der Waals surface area contributed by atoms with Gasteiger partial charge in [0.25, 0.3) is 0 Å². The highest BCUT2D eigenvalue weighted by Crippen LogP contribution is 2.35. The van der Waals surface area contributed by atoms with Crippen LogP contribution in [0.4, 0.5) is 0 Å². The maximum absolute atomic E-state index is 10.0. The van der Waals surface area contributed by atoms with E-state index in [4.69, 9.17) is 4.74 Å². The van der Waals surface area contributed by atoms with Gasteiger partial charge in [-0.25, -0.2) is 0 Å². The lowest BCUT2D eigenvalue weighted by molar-refractivity contribution is 0.0127. The Labute approximate surface area is 148 Å². The number of hydrogen-bond donors (Lipinski definition) is 5. The molecule has 0 saturated heterocycles. The Bertz CT molecular complexity index is 547. The topological polar surface area (TPSA) is 102 Å². The summed E-state index contributed by atoms with van der Waals surface area (Å²) >= 11 is 0. The molecule has 0 heterocycles. The zero-order valence-electron chi connectivity index (χ0n) is 14.3. The molecule has 1 aliphatic rings. The van der Waals surface area contributed by atoms with E-state index in [1.165, 1.54) is 6.07 Å². The van der Waals surface area contributed by atoms with Crippen LogP contribution in [0.5, 0.6) is 11.5 Å². The summed E-state index contributed by atoms with van der Waals surface area (Å²) in [5, 5.41) is 42.7. The molecule has 0 radical (unpaired) electrons. The summed E-state index contributed by atoms with van der Waals surface area (Å²) in [6, 6.07) is 3.14. The highest BCUT2D eigenvalue weighted by molar-refractivity contribution is 5.85. The molecule has 1 aromatic carbocycles. The number of halogens is 1. The fourth-order valence-corrected chi connectivity index (χ4v) is 2.61.